The molecule has 0 fully saturated rings. The lowest BCUT2D eigenvalue weighted by Crippen LogP contribution is -2.01. The lowest BCUT2D eigenvalue weighted by atomic mass is 10.0. The van der Waals surface area contributed by atoms with E-state index in [9.17, 15) is 4.79 Å². The number of methoxy groups -OCH3 is 5. The molecule has 2 aromatic rings. The molecule has 0 saturated heterocycles. The summed E-state index contributed by atoms with van der Waals surface area (Å²) in [5.41, 5.74) is 2.14. The second kappa shape index (κ2) is 10.2. The number of ketones is 1. The van der Waals surface area contributed by atoms with Crippen molar-refractivity contribution in [3.05, 3.63) is 59.7 Å². The molecule has 0 saturated carbocycles. The zero-order valence-corrected chi connectivity index (χ0v) is 17.4. The summed E-state index contributed by atoms with van der Waals surface area (Å²) in [6.07, 6.45) is 5.58. The van der Waals surface area contributed by atoms with E-state index >= 15 is 0 Å². The minimum Gasteiger partial charge on any atom is -0.493 e. The van der Waals surface area contributed by atoms with E-state index in [1.807, 2.05) is 6.07 Å². The van der Waals surface area contributed by atoms with Crippen molar-refractivity contribution in [3.8, 4) is 28.7 Å². The Balaban J connectivity index is 2.44. The average Bonchev–Trinajstić information content (AvgIpc) is 2.76. The standard InChI is InChI=1S/C23H26O6/c1-7-8-17-15(10-12-19(25-2)22(17)28-5)9-11-18(24)16-13-20(26-3)23(29-6)21(14-16)27-4/h7,9-14H,1,8H2,2-6H3/b11-9+. The molecule has 0 radical (unpaired) electrons. The number of hydrogen-bond donors (Lipinski definition) is 0. The monoisotopic (exact) mass is 398 g/mol. The Morgan fingerprint density at radius 3 is 1.93 bits per heavy atom. The van der Waals surface area contributed by atoms with Crippen molar-refractivity contribution in [1.29, 1.82) is 0 Å². The van der Waals surface area contributed by atoms with Gasteiger partial charge in [0.05, 0.1) is 35.5 Å². The molecule has 154 valence electrons. The van der Waals surface area contributed by atoms with E-state index in [2.05, 4.69) is 6.58 Å². The van der Waals surface area contributed by atoms with Gasteiger partial charge in [0.15, 0.2) is 28.8 Å². The first-order chi connectivity index (χ1) is 14.0. The zero-order chi connectivity index (χ0) is 21.4. The molecule has 29 heavy (non-hydrogen) atoms. The van der Waals surface area contributed by atoms with Crippen molar-refractivity contribution in [3.63, 3.8) is 0 Å². The first-order valence-electron chi connectivity index (χ1n) is 8.91. The van der Waals surface area contributed by atoms with Crippen LogP contribution in [0.15, 0.2) is 43.0 Å². The quantitative estimate of drug-likeness (QED) is 0.337. The molecule has 0 amide bonds. The summed E-state index contributed by atoms with van der Waals surface area (Å²) < 4.78 is 26.8. The Kier molecular flexibility index (Phi) is 7.71. The number of allylic oxidation sites excluding steroid dienone is 2. The number of carbonyl (C=O) groups excluding carboxylic acids is 1. The SMILES string of the molecule is C=CCc1c(/C=C/C(=O)c2cc(OC)c(OC)c(OC)c2)ccc(OC)c1OC. The molecule has 0 aliphatic carbocycles. The fourth-order valence-corrected chi connectivity index (χ4v) is 3.00. The third kappa shape index (κ3) is 4.71. The number of hydrogen-bond acceptors (Lipinski definition) is 6. The van der Waals surface area contributed by atoms with Gasteiger partial charge in [-0.1, -0.05) is 18.2 Å². The third-order valence-corrected chi connectivity index (χ3v) is 4.40. The van der Waals surface area contributed by atoms with Crippen LogP contribution in [0.2, 0.25) is 0 Å². The van der Waals surface area contributed by atoms with Gasteiger partial charge in [0.2, 0.25) is 5.75 Å². The van der Waals surface area contributed by atoms with Crippen molar-refractivity contribution >= 4 is 11.9 Å². The van der Waals surface area contributed by atoms with E-state index in [0.29, 0.717) is 40.7 Å². The van der Waals surface area contributed by atoms with Crippen LogP contribution in [0.25, 0.3) is 6.08 Å². The smallest absolute Gasteiger partial charge is 0.203 e. The lowest BCUT2D eigenvalue weighted by Gasteiger charge is -2.14. The highest BCUT2D eigenvalue weighted by Crippen LogP contribution is 2.38. The van der Waals surface area contributed by atoms with Crippen molar-refractivity contribution < 1.29 is 28.5 Å². The van der Waals surface area contributed by atoms with Gasteiger partial charge in [0.25, 0.3) is 0 Å². The van der Waals surface area contributed by atoms with Gasteiger partial charge >= 0.3 is 0 Å². The first-order valence-corrected chi connectivity index (χ1v) is 8.91. The predicted octanol–water partition coefficient (Wildman–Crippen LogP) is 4.35. The summed E-state index contributed by atoms with van der Waals surface area (Å²) in [4.78, 5) is 12.8. The molecule has 0 bridgehead atoms. The van der Waals surface area contributed by atoms with Gasteiger partial charge in [-0.25, -0.2) is 0 Å². The summed E-state index contributed by atoms with van der Waals surface area (Å²) in [7, 11) is 7.69. The molecule has 2 aromatic carbocycles. The maximum absolute atomic E-state index is 12.8. The number of rotatable bonds is 10. The maximum Gasteiger partial charge on any atom is 0.203 e. The van der Waals surface area contributed by atoms with Crippen LogP contribution in [-0.2, 0) is 6.42 Å². The van der Waals surface area contributed by atoms with Crippen LogP contribution in [0.5, 0.6) is 28.7 Å². The van der Waals surface area contributed by atoms with Gasteiger partial charge in [-0.2, -0.15) is 0 Å². The summed E-state index contributed by atoms with van der Waals surface area (Å²) in [5.74, 6) is 2.31. The fraction of sp³-hybridized carbons (Fsp3) is 0.261. The Labute approximate surface area is 171 Å². The van der Waals surface area contributed by atoms with Gasteiger partial charge in [0.1, 0.15) is 0 Å². The van der Waals surface area contributed by atoms with Crippen molar-refractivity contribution in [2.24, 2.45) is 0 Å². The molecule has 0 N–H and O–H groups in total. The Hall–Kier alpha value is -3.41. The molecule has 0 aromatic heterocycles. The van der Waals surface area contributed by atoms with Crippen molar-refractivity contribution in [2.75, 3.05) is 35.5 Å². The zero-order valence-electron chi connectivity index (χ0n) is 17.4. The van der Waals surface area contributed by atoms with Gasteiger partial charge in [0, 0.05) is 11.1 Å². The third-order valence-electron chi connectivity index (χ3n) is 4.40. The van der Waals surface area contributed by atoms with Crippen LogP contribution >= 0.6 is 0 Å². The van der Waals surface area contributed by atoms with Crippen molar-refractivity contribution in [1.82, 2.24) is 0 Å². The molecule has 6 heteroatoms. The van der Waals surface area contributed by atoms with Crippen LogP contribution in [0.4, 0.5) is 0 Å². The molecule has 0 atom stereocenters. The highest BCUT2D eigenvalue weighted by Gasteiger charge is 2.16. The summed E-state index contributed by atoms with van der Waals surface area (Å²) >= 11 is 0. The van der Waals surface area contributed by atoms with Gasteiger partial charge in [-0.05, 0) is 36.3 Å². The van der Waals surface area contributed by atoms with E-state index in [-0.39, 0.29) is 5.78 Å². The molecular formula is C23H26O6. The second-order valence-electron chi connectivity index (χ2n) is 5.97. The molecule has 0 aliphatic heterocycles. The van der Waals surface area contributed by atoms with Crippen LogP contribution in [0.3, 0.4) is 0 Å². The second-order valence-corrected chi connectivity index (χ2v) is 5.97. The van der Waals surface area contributed by atoms with E-state index in [0.717, 1.165) is 11.1 Å². The maximum atomic E-state index is 12.8. The highest BCUT2D eigenvalue weighted by molar-refractivity contribution is 6.07. The van der Waals surface area contributed by atoms with Gasteiger partial charge < -0.3 is 23.7 Å². The van der Waals surface area contributed by atoms with E-state index < -0.39 is 0 Å². The summed E-state index contributed by atoms with van der Waals surface area (Å²) in [6.45, 7) is 3.80. The highest BCUT2D eigenvalue weighted by atomic mass is 16.5. The topological polar surface area (TPSA) is 63.2 Å². The van der Waals surface area contributed by atoms with Gasteiger partial charge in [-0.15, -0.1) is 6.58 Å². The Morgan fingerprint density at radius 1 is 0.862 bits per heavy atom. The normalized spacial score (nSPS) is 10.5. The molecule has 2 rings (SSSR count). The predicted molar refractivity (Wildman–Crippen MR) is 113 cm³/mol. The van der Waals surface area contributed by atoms with Crippen LogP contribution in [0.1, 0.15) is 21.5 Å². The number of benzene rings is 2. The lowest BCUT2D eigenvalue weighted by molar-refractivity contribution is 0.104. The minimum absolute atomic E-state index is 0.205. The average molecular weight is 398 g/mol. The largest absolute Gasteiger partial charge is 0.493 e. The molecule has 0 heterocycles. The minimum atomic E-state index is -0.205. The fourth-order valence-electron chi connectivity index (χ4n) is 3.00. The molecular weight excluding hydrogens is 372 g/mol. The van der Waals surface area contributed by atoms with E-state index in [1.54, 1.807) is 44.6 Å². The molecule has 0 aliphatic rings. The van der Waals surface area contributed by atoms with E-state index in [4.69, 9.17) is 23.7 Å². The summed E-state index contributed by atoms with van der Waals surface area (Å²) in [6, 6.07) is 6.91. The van der Waals surface area contributed by atoms with E-state index in [1.165, 1.54) is 27.4 Å². The van der Waals surface area contributed by atoms with Crippen LogP contribution < -0.4 is 23.7 Å². The summed E-state index contributed by atoms with van der Waals surface area (Å²) in [5, 5.41) is 0. The first kappa shape index (κ1) is 21.9. The number of carbonyl (C=O) groups is 1. The molecule has 0 unspecified atom stereocenters. The Morgan fingerprint density at radius 2 is 1.45 bits per heavy atom. The van der Waals surface area contributed by atoms with Gasteiger partial charge in [-0.3, -0.25) is 4.79 Å². The van der Waals surface area contributed by atoms with Crippen LogP contribution in [0, 0.1) is 0 Å². The van der Waals surface area contributed by atoms with Crippen molar-refractivity contribution in [2.45, 2.75) is 6.42 Å². The Bertz CT molecular complexity index is 889. The van der Waals surface area contributed by atoms with Crippen LogP contribution in [-0.4, -0.2) is 41.3 Å². The number of ether oxygens (including phenoxy) is 5. The molecule has 6 nitrogen and oxygen atoms in total. The molecule has 0 spiro atoms.